The number of carboxylic acid groups (broad SMARTS) is 1. The highest BCUT2D eigenvalue weighted by molar-refractivity contribution is 9.10. The van der Waals surface area contributed by atoms with Gasteiger partial charge in [-0.15, -0.1) is 0 Å². The third kappa shape index (κ3) is 5.11. The van der Waals surface area contributed by atoms with Gasteiger partial charge in [0, 0.05) is 4.47 Å². The van der Waals surface area contributed by atoms with E-state index in [1.807, 2.05) is 0 Å². The number of carboxylic acids is 1. The van der Waals surface area contributed by atoms with E-state index in [1.165, 1.54) is 42.5 Å². The van der Waals surface area contributed by atoms with E-state index in [0.29, 0.717) is 15.7 Å². The standard InChI is InChI=1S/C21H16BrFN2O6S/c1-2-30-16-8-11(15(22)9-17(16)31-10-18(26)27)7-14-19(28)24-21(32)25(20(14)29)13-5-3-12(23)4-6-13/h3-9H,2,10H2,1H3,(H,26,27)(H,24,28,32)/b14-7-. The Balaban J connectivity index is 2.01. The highest BCUT2D eigenvalue weighted by Gasteiger charge is 2.34. The number of aliphatic carboxylic acids is 1. The molecule has 11 heteroatoms. The van der Waals surface area contributed by atoms with Crippen molar-refractivity contribution in [2.75, 3.05) is 18.1 Å². The number of nitrogens with zero attached hydrogens (tertiary/aromatic N) is 1. The maximum Gasteiger partial charge on any atom is 0.341 e. The molecule has 2 N–H and O–H groups in total. The molecule has 1 saturated heterocycles. The van der Waals surface area contributed by atoms with Gasteiger partial charge in [0.25, 0.3) is 11.8 Å². The third-order valence-electron chi connectivity index (χ3n) is 4.20. The van der Waals surface area contributed by atoms with Crippen LogP contribution in [0.15, 0.2) is 46.4 Å². The predicted octanol–water partition coefficient (Wildman–Crippen LogP) is 3.28. The van der Waals surface area contributed by atoms with E-state index in [9.17, 15) is 18.8 Å². The lowest BCUT2D eigenvalue weighted by molar-refractivity contribution is -0.139. The molecular weight excluding hydrogens is 507 g/mol. The summed E-state index contributed by atoms with van der Waals surface area (Å²) in [5.41, 5.74) is 0.477. The second kappa shape index (κ2) is 9.88. The van der Waals surface area contributed by atoms with Crippen LogP contribution >= 0.6 is 28.1 Å². The van der Waals surface area contributed by atoms with Gasteiger partial charge in [0.05, 0.1) is 12.3 Å². The molecule has 3 rings (SSSR count). The molecule has 0 aromatic heterocycles. The number of halogens is 2. The SMILES string of the molecule is CCOc1cc(/C=C2/C(=O)NC(=S)N(c3ccc(F)cc3)C2=O)c(Br)cc1OCC(=O)O. The van der Waals surface area contributed by atoms with E-state index < -0.39 is 30.2 Å². The number of ether oxygens (including phenoxy) is 2. The fourth-order valence-electron chi connectivity index (χ4n) is 2.82. The van der Waals surface area contributed by atoms with Crippen molar-refractivity contribution in [1.29, 1.82) is 0 Å². The van der Waals surface area contributed by atoms with Gasteiger partial charge in [0.2, 0.25) is 0 Å². The minimum atomic E-state index is -1.16. The van der Waals surface area contributed by atoms with E-state index in [4.69, 9.17) is 26.8 Å². The average molecular weight is 523 g/mol. The van der Waals surface area contributed by atoms with Crippen molar-refractivity contribution in [2.24, 2.45) is 0 Å². The smallest absolute Gasteiger partial charge is 0.341 e. The van der Waals surface area contributed by atoms with Crippen molar-refractivity contribution in [3.8, 4) is 11.5 Å². The molecular formula is C21H16BrFN2O6S. The molecule has 2 aromatic carbocycles. The number of hydrogen-bond acceptors (Lipinski definition) is 6. The minimum absolute atomic E-state index is 0.129. The molecule has 1 aliphatic rings. The average Bonchev–Trinajstić information content (AvgIpc) is 2.73. The normalized spacial score (nSPS) is 15.0. The van der Waals surface area contributed by atoms with Crippen LogP contribution in [-0.2, 0) is 14.4 Å². The van der Waals surface area contributed by atoms with E-state index in [1.54, 1.807) is 6.92 Å². The van der Waals surface area contributed by atoms with Crippen LogP contribution in [0, 0.1) is 5.82 Å². The zero-order chi connectivity index (χ0) is 23.4. The van der Waals surface area contributed by atoms with Crippen LogP contribution in [0.2, 0.25) is 0 Å². The highest BCUT2D eigenvalue weighted by atomic mass is 79.9. The number of carbonyl (C=O) groups excluding carboxylic acids is 2. The molecule has 1 aliphatic heterocycles. The van der Waals surface area contributed by atoms with Gasteiger partial charge in [-0.05, 0) is 67.2 Å². The number of anilines is 1. The number of benzene rings is 2. The van der Waals surface area contributed by atoms with E-state index in [0.717, 1.165) is 4.90 Å². The first-order valence-electron chi connectivity index (χ1n) is 9.19. The zero-order valence-corrected chi connectivity index (χ0v) is 19.0. The maximum absolute atomic E-state index is 13.3. The second-order valence-electron chi connectivity index (χ2n) is 6.37. The van der Waals surface area contributed by atoms with Crippen molar-refractivity contribution in [2.45, 2.75) is 6.92 Å². The van der Waals surface area contributed by atoms with Crippen molar-refractivity contribution < 1.29 is 33.4 Å². The molecule has 1 heterocycles. The van der Waals surface area contributed by atoms with Gasteiger partial charge in [-0.25, -0.2) is 9.18 Å². The predicted molar refractivity (Wildman–Crippen MR) is 121 cm³/mol. The van der Waals surface area contributed by atoms with Crippen molar-refractivity contribution in [3.05, 3.63) is 57.8 Å². The lowest BCUT2D eigenvalue weighted by Crippen LogP contribution is -2.54. The molecule has 0 aliphatic carbocycles. The molecule has 2 aromatic rings. The lowest BCUT2D eigenvalue weighted by Gasteiger charge is -2.29. The Kier molecular flexibility index (Phi) is 7.21. The Hall–Kier alpha value is -3.31. The van der Waals surface area contributed by atoms with Crippen LogP contribution in [-0.4, -0.2) is 41.2 Å². The van der Waals surface area contributed by atoms with Crippen LogP contribution in [0.25, 0.3) is 6.08 Å². The fourth-order valence-corrected chi connectivity index (χ4v) is 3.54. The molecule has 0 unspecified atom stereocenters. The largest absolute Gasteiger partial charge is 0.490 e. The number of thiocarbonyl (C=S) groups is 1. The summed E-state index contributed by atoms with van der Waals surface area (Å²) in [5, 5.41) is 11.2. The number of rotatable bonds is 7. The van der Waals surface area contributed by atoms with Crippen LogP contribution in [0.1, 0.15) is 12.5 Å². The number of nitrogens with one attached hydrogen (secondary N) is 1. The summed E-state index contributed by atoms with van der Waals surface area (Å²) in [6.45, 7) is 1.44. The monoisotopic (exact) mass is 522 g/mol. The summed E-state index contributed by atoms with van der Waals surface area (Å²) in [7, 11) is 0. The van der Waals surface area contributed by atoms with Crippen LogP contribution in [0.5, 0.6) is 11.5 Å². The summed E-state index contributed by atoms with van der Waals surface area (Å²) >= 11 is 8.45. The Morgan fingerprint density at radius 1 is 1.22 bits per heavy atom. The van der Waals surface area contributed by atoms with Gasteiger partial charge >= 0.3 is 5.97 Å². The van der Waals surface area contributed by atoms with E-state index in [-0.39, 0.29) is 28.8 Å². The summed E-state index contributed by atoms with van der Waals surface area (Å²) in [4.78, 5) is 37.5. The highest BCUT2D eigenvalue weighted by Crippen LogP contribution is 2.35. The molecule has 0 spiro atoms. The van der Waals surface area contributed by atoms with E-state index >= 15 is 0 Å². The number of hydrogen-bond donors (Lipinski definition) is 2. The fraction of sp³-hybridized carbons (Fsp3) is 0.143. The van der Waals surface area contributed by atoms with Crippen molar-refractivity contribution in [3.63, 3.8) is 0 Å². The Morgan fingerprint density at radius 2 is 1.88 bits per heavy atom. The molecule has 0 bridgehead atoms. The Bertz CT molecular complexity index is 1140. The van der Waals surface area contributed by atoms with Crippen LogP contribution in [0.4, 0.5) is 10.1 Å². The first kappa shape index (κ1) is 23.4. The van der Waals surface area contributed by atoms with Gasteiger partial charge in [-0.3, -0.25) is 19.8 Å². The summed E-state index contributed by atoms with van der Waals surface area (Å²) in [5.74, 6) is -2.62. The topological polar surface area (TPSA) is 105 Å². The van der Waals surface area contributed by atoms with Crippen LogP contribution in [0.3, 0.4) is 0 Å². The molecule has 32 heavy (non-hydrogen) atoms. The second-order valence-corrected chi connectivity index (χ2v) is 7.61. The van der Waals surface area contributed by atoms with Gasteiger partial charge in [0.15, 0.2) is 23.2 Å². The molecule has 0 radical (unpaired) electrons. The lowest BCUT2D eigenvalue weighted by atomic mass is 10.1. The zero-order valence-electron chi connectivity index (χ0n) is 16.6. The Labute approximate surface area is 195 Å². The molecule has 8 nitrogen and oxygen atoms in total. The maximum atomic E-state index is 13.3. The first-order valence-corrected chi connectivity index (χ1v) is 10.4. The summed E-state index contributed by atoms with van der Waals surface area (Å²) < 4.78 is 24.4. The number of amides is 2. The molecule has 166 valence electrons. The molecule has 1 fully saturated rings. The van der Waals surface area contributed by atoms with Gasteiger partial charge < -0.3 is 14.6 Å². The minimum Gasteiger partial charge on any atom is -0.490 e. The quantitative estimate of drug-likeness (QED) is 0.326. The molecule has 0 saturated carbocycles. The summed E-state index contributed by atoms with van der Waals surface area (Å²) in [6, 6.07) is 8.07. The third-order valence-corrected chi connectivity index (χ3v) is 5.17. The molecule has 0 atom stereocenters. The number of carbonyl (C=O) groups is 3. The molecule has 2 amide bonds. The Morgan fingerprint density at radius 3 is 2.50 bits per heavy atom. The van der Waals surface area contributed by atoms with Crippen LogP contribution < -0.4 is 19.7 Å². The van der Waals surface area contributed by atoms with E-state index in [2.05, 4.69) is 21.2 Å². The van der Waals surface area contributed by atoms with Crippen molar-refractivity contribution >= 4 is 62.8 Å². The van der Waals surface area contributed by atoms with Gasteiger partial charge in [-0.1, -0.05) is 15.9 Å². The van der Waals surface area contributed by atoms with Gasteiger partial charge in [-0.2, -0.15) is 0 Å². The van der Waals surface area contributed by atoms with Gasteiger partial charge in [0.1, 0.15) is 11.4 Å². The van der Waals surface area contributed by atoms with Crippen molar-refractivity contribution in [1.82, 2.24) is 5.32 Å². The summed E-state index contributed by atoms with van der Waals surface area (Å²) in [6.07, 6.45) is 1.34. The first-order chi connectivity index (χ1) is 15.2.